The second kappa shape index (κ2) is 10.9. The molecule has 3 aromatic carbocycles. The minimum Gasteiger partial charge on any atom is -0.353 e. The Morgan fingerprint density at radius 2 is 1.53 bits per heavy atom. The molecule has 188 valence electrons. The topological polar surface area (TPSA) is 62.2 Å². The number of hydrogen-bond donors (Lipinski definition) is 0. The Morgan fingerprint density at radius 1 is 0.737 bits per heavy atom. The van der Waals surface area contributed by atoms with Crippen LogP contribution in [0.5, 0.6) is 0 Å². The number of piperazine rings is 1. The van der Waals surface area contributed by atoms with E-state index >= 15 is 0 Å². The van der Waals surface area contributed by atoms with Crippen LogP contribution in [0.25, 0.3) is 22.2 Å². The standard InChI is InChI=1S/C32H29N5O/c38-31(27-6-2-1-3-7-27)19-24-8-10-26(11-9-24)28-12-13-29-30(20-28)35-32(22-34-29)37-17-15-36(16-18-37)23-25-5-4-14-33-21-25/h1-14,20-22H,15-19,23H2. The summed E-state index contributed by atoms with van der Waals surface area (Å²) < 4.78 is 0. The Kier molecular flexibility index (Phi) is 6.87. The maximum Gasteiger partial charge on any atom is 0.167 e. The fourth-order valence-corrected chi connectivity index (χ4v) is 4.95. The first-order valence-electron chi connectivity index (χ1n) is 13.0. The van der Waals surface area contributed by atoms with Gasteiger partial charge in [-0.15, -0.1) is 0 Å². The molecule has 0 saturated carbocycles. The molecule has 1 aliphatic heterocycles. The van der Waals surface area contributed by atoms with E-state index in [1.54, 1.807) is 0 Å². The van der Waals surface area contributed by atoms with Crippen molar-refractivity contribution in [2.75, 3.05) is 31.1 Å². The molecule has 5 aromatic rings. The lowest BCUT2D eigenvalue weighted by Crippen LogP contribution is -2.46. The molecule has 0 aliphatic carbocycles. The summed E-state index contributed by atoms with van der Waals surface area (Å²) in [6, 6.07) is 28.0. The van der Waals surface area contributed by atoms with E-state index in [0.717, 1.165) is 71.8 Å². The summed E-state index contributed by atoms with van der Waals surface area (Å²) in [5.41, 5.74) is 6.96. The van der Waals surface area contributed by atoms with Crippen molar-refractivity contribution in [1.82, 2.24) is 19.9 Å². The van der Waals surface area contributed by atoms with Crippen LogP contribution < -0.4 is 4.90 Å². The van der Waals surface area contributed by atoms with Crippen molar-refractivity contribution >= 4 is 22.6 Å². The van der Waals surface area contributed by atoms with Gasteiger partial charge in [0.2, 0.25) is 0 Å². The van der Waals surface area contributed by atoms with Crippen molar-refractivity contribution in [3.63, 3.8) is 0 Å². The number of hydrogen-bond acceptors (Lipinski definition) is 6. The fourth-order valence-electron chi connectivity index (χ4n) is 4.95. The van der Waals surface area contributed by atoms with Gasteiger partial charge in [-0.05, 0) is 40.5 Å². The van der Waals surface area contributed by atoms with Crippen molar-refractivity contribution in [3.8, 4) is 11.1 Å². The van der Waals surface area contributed by atoms with E-state index < -0.39 is 0 Å². The molecule has 0 N–H and O–H groups in total. The first-order valence-corrected chi connectivity index (χ1v) is 13.0. The number of nitrogens with zero attached hydrogens (tertiary/aromatic N) is 5. The van der Waals surface area contributed by atoms with Gasteiger partial charge in [0.25, 0.3) is 0 Å². The van der Waals surface area contributed by atoms with Crippen molar-refractivity contribution in [2.24, 2.45) is 0 Å². The number of ketones is 1. The molecule has 0 atom stereocenters. The van der Waals surface area contributed by atoms with Gasteiger partial charge in [-0.3, -0.25) is 19.7 Å². The Bertz CT molecular complexity index is 1530. The number of anilines is 1. The number of carbonyl (C=O) groups excluding carboxylic acids is 1. The van der Waals surface area contributed by atoms with Crippen molar-refractivity contribution < 1.29 is 4.79 Å². The van der Waals surface area contributed by atoms with Crippen LogP contribution >= 0.6 is 0 Å². The third-order valence-electron chi connectivity index (χ3n) is 7.10. The predicted octanol–water partition coefficient (Wildman–Crippen LogP) is 5.44. The van der Waals surface area contributed by atoms with Gasteiger partial charge in [-0.2, -0.15) is 0 Å². The Labute approximate surface area is 222 Å². The molecule has 0 unspecified atom stereocenters. The van der Waals surface area contributed by atoms with Gasteiger partial charge in [0.15, 0.2) is 5.78 Å². The van der Waals surface area contributed by atoms with E-state index in [0.29, 0.717) is 6.42 Å². The Balaban J connectivity index is 1.13. The molecular weight excluding hydrogens is 470 g/mol. The summed E-state index contributed by atoms with van der Waals surface area (Å²) in [6.45, 7) is 4.72. The Morgan fingerprint density at radius 3 is 2.29 bits per heavy atom. The molecule has 1 fully saturated rings. The number of pyridine rings is 1. The second-order valence-electron chi connectivity index (χ2n) is 9.72. The van der Waals surface area contributed by atoms with E-state index in [1.165, 1.54) is 5.56 Å². The van der Waals surface area contributed by atoms with Crippen molar-refractivity contribution in [3.05, 3.63) is 120 Å². The lowest BCUT2D eigenvalue weighted by molar-refractivity contribution is 0.0993. The van der Waals surface area contributed by atoms with Crippen LogP contribution in [0.15, 0.2) is 104 Å². The predicted molar refractivity (Wildman–Crippen MR) is 151 cm³/mol. The average Bonchev–Trinajstić information content (AvgIpc) is 2.98. The first-order chi connectivity index (χ1) is 18.7. The van der Waals surface area contributed by atoms with Gasteiger partial charge >= 0.3 is 0 Å². The van der Waals surface area contributed by atoms with Crippen LogP contribution in [0.4, 0.5) is 5.82 Å². The molecule has 6 nitrogen and oxygen atoms in total. The number of rotatable bonds is 7. The van der Waals surface area contributed by atoms with Crippen LogP contribution in [0.1, 0.15) is 21.5 Å². The lowest BCUT2D eigenvalue weighted by atomic mass is 9.99. The highest BCUT2D eigenvalue weighted by Crippen LogP contribution is 2.25. The van der Waals surface area contributed by atoms with Gasteiger partial charge in [0, 0.05) is 57.1 Å². The number of fused-ring (bicyclic) bond motifs is 1. The summed E-state index contributed by atoms with van der Waals surface area (Å²) in [7, 11) is 0. The summed E-state index contributed by atoms with van der Waals surface area (Å²) >= 11 is 0. The van der Waals surface area contributed by atoms with Crippen LogP contribution in [0.2, 0.25) is 0 Å². The first kappa shape index (κ1) is 23.9. The molecule has 0 radical (unpaired) electrons. The molecule has 1 saturated heterocycles. The largest absolute Gasteiger partial charge is 0.353 e. The van der Waals surface area contributed by atoms with Gasteiger partial charge < -0.3 is 4.90 Å². The summed E-state index contributed by atoms with van der Waals surface area (Å²) in [4.78, 5) is 31.2. The third kappa shape index (κ3) is 5.45. The molecule has 38 heavy (non-hydrogen) atoms. The number of benzene rings is 3. The molecule has 3 heterocycles. The van der Waals surface area contributed by atoms with Crippen molar-refractivity contribution in [2.45, 2.75) is 13.0 Å². The molecule has 0 bridgehead atoms. The number of carbonyl (C=O) groups is 1. The quantitative estimate of drug-likeness (QED) is 0.278. The second-order valence-corrected chi connectivity index (χ2v) is 9.72. The van der Waals surface area contributed by atoms with Gasteiger partial charge in [-0.25, -0.2) is 4.98 Å². The van der Waals surface area contributed by atoms with E-state index in [-0.39, 0.29) is 5.78 Å². The highest BCUT2D eigenvalue weighted by molar-refractivity contribution is 5.97. The van der Waals surface area contributed by atoms with E-state index in [1.807, 2.05) is 73.2 Å². The molecule has 0 amide bonds. The van der Waals surface area contributed by atoms with Crippen molar-refractivity contribution in [1.29, 1.82) is 0 Å². The minimum atomic E-state index is 0.129. The molecule has 2 aromatic heterocycles. The summed E-state index contributed by atoms with van der Waals surface area (Å²) in [6.07, 6.45) is 6.04. The zero-order valence-electron chi connectivity index (χ0n) is 21.2. The SMILES string of the molecule is O=C(Cc1ccc(-c2ccc3ncc(N4CCN(Cc5cccnc5)CC4)nc3c2)cc1)c1ccccc1. The lowest BCUT2D eigenvalue weighted by Gasteiger charge is -2.35. The van der Waals surface area contributed by atoms with Crippen LogP contribution in [-0.2, 0) is 13.0 Å². The number of aromatic nitrogens is 3. The van der Waals surface area contributed by atoms with E-state index in [9.17, 15) is 4.79 Å². The fraction of sp³-hybridized carbons (Fsp3) is 0.188. The molecular formula is C32H29N5O. The van der Waals surface area contributed by atoms with Gasteiger partial charge in [-0.1, -0.05) is 66.7 Å². The smallest absolute Gasteiger partial charge is 0.167 e. The van der Waals surface area contributed by atoms with E-state index in [4.69, 9.17) is 4.98 Å². The monoisotopic (exact) mass is 499 g/mol. The van der Waals surface area contributed by atoms with Crippen LogP contribution in [0, 0.1) is 0 Å². The maximum absolute atomic E-state index is 12.6. The molecule has 6 rings (SSSR count). The van der Waals surface area contributed by atoms with E-state index in [2.05, 4.69) is 50.1 Å². The van der Waals surface area contributed by atoms with Gasteiger partial charge in [0.1, 0.15) is 5.82 Å². The third-order valence-corrected chi connectivity index (χ3v) is 7.10. The normalized spacial score (nSPS) is 14.1. The summed E-state index contributed by atoms with van der Waals surface area (Å²) in [5, 5.41) is 0. The van der Waals surface area contributed by atoms with Gasteiger partial charge in [0.05, 0.1) is 17.2 Å². The van der Waals surface area contributed by atoms with Crippen LogP contribution in [0.3, 0.4) is 0 Å². The summed E-state index contributed by atoms with van der Waals surface area (Å²) in [5.74, 6) is 1.05. The Hall–Kier alpha value is -4.42. The highest BCUT2D eigenvalue weighted by Gasteiger charge is 2.19. The zero-order chi connectivity index (χ0) is 25.7. The molecule has 0 spiro atoms. The highest BCUT2D eigenvalue weighted by atomic mass is 16.1. The molecule has 1 aliphatic rings. The zero-order valence-corrected chi connectivity index (χ0v) is 21.2. The average molecular weight is 500 g/mol. The molecule has 6 heteroatoms. The van der Waals surface area contributed by atoms with Crippen LogP contribution in [-0.4, -0.2) is 51.8 Å². The minimum absolute atomic E-state index is 0.129. The maximum atomic E-state index is 12.6. The number of Topliss-reactive ketones (excluding diaryl/α,β-unsaturated/α-hetero) is 1.